The maximum absolute atomic E-state index is 2.45. The molecule has 26 heavy (non-hydrogen) atoms. The van der Waals surface area contributed by atoms with E-state index >= 15 is 0 Å². The first-order valence-electron chi connectivity index (χ1n) is 9.15. The van der Waals surface area contributed by atoms with Crippen LogP contribution < -0.4 is 4.90 Å². The van der Waals surface area contributed by atoms with Crippen LogP contribution in [0.4, 0.5) is 5.69 Å². The molecule has 1 aliphatic heterocycles. The summed E-state index contributed by atoms with van der Waals surface area (Å²) >= 11 is 0. The van der Waals surface area contributed by atoms with Gasteiger partial charge in [0, 0.05) is 25.9 Å². The van der Waals surface area contributed by atoms with Crippen LogP contribution in [0.3, 0.4) is 0 Å². The van der Waals surface area contributed by atoms with Crippen molar-refractivity contribution in [3.63, 3.8) is 0 Å². The molecule has 0 amide bonds. The van der Waals surface area contributed by atoms with Crippen molar-refractivity contribution in [3.8, 4) is 0 Å². The van der Waals surface area contributed by atoms with Gasteiger partial charge in [-0.15, -0.1) is 0 Å². The normalized spacial score (nSPS) is 23.7. The number of nitrogens with zero attached hydrogens (tertiary/aromatic N) is 2. The third-order valence-corrected chi connectivity index (χ3v) is 5.88. The SMILES string of the molecule is C.CC1=CC2C(C=C1)[N+](C)=C(C=Cc1ccc(N(C)C)cc1C)C2(C)C. The van der Waals surface area contributed by atoms with Crippen LogP contribution in [0.1, 0.15) is 39.3 Å². The zero-order valence-corrected chi connectivity index (χ0v) is 16.7. The lowest BCUT2D eigenvalue weighted by Crippen LogP contribution is -2.30. The van der Waals surface area contributed by atoms with Crippen LogP contribution in [0.25, 0.3) is 6.08 Å². The van der Waals surface area contributed by atoms with E-state index in [9.17, 15) is 0 Å². The van der Waals surface area contributed by atoms with E-state index in [1.807, 2.05) is 0 Å². The molecule has 2 aliphatic rings. The van der Waals surface area contributed by atoms with E-state index in [4.69, 9.17) is 0 Å². The van der Waals surface area contributed by atoms with Crippen molar-refractivity contribution >= 4 is 17.5 Å². The Labute approximate surface area is 160 Å². The fourth-order valence-electron chi connectivity index (χ4n) is 4.22. The number of anilines is 1. The van der Waals surface area contributed by atoms with Crippen molar-refractivity contribution < 1.29 is 4.58 Å². The van der Waals surface area contributed by atoms with Crippen molar-refractivity contribution in [2.24, 2.45) is 11.3 Å². The van der Waals surface area contributed by atoms with Crippen molar-refractivity contribution in [3.05, 3.63) is 59.2 Å². The summed E-state index contributed by atoms with van der Waals surface area (Å²) in [5.41, 5.74) is 6.78. The minimum atomic E-state index is 0. The Kier molecular flexibility index (Phi) is 5.65. The van der Waals surface area contributed by atoms with Gasteiger partial charge in [0.2, 0.25) is 0 Å². The van der Waals surface area contributed by atoms with E-state index in [-0.39, 0.29) is 12.8 Å². The third kappa shape index (κ3) is 3.42. The van der Waals surface area contributed by atoms with Gasteiger partial charge in [-0.2, -0.15) is 0 Å². The molecule has 0 radical (unpaired) electrons. The van der Waals surface area contributed by atoms with Gasteiger partial charge in [-0.3, -0.25) is 0 Å². The lowest BCUT2D eigenvalue weighted by Gasteiger charge is -2.25. The van der Waals surface area contributed by atoms with E-state index in [0.717, 1.165) is 0 Å². The lowest BCUT2D eigenvalue weighted by molar-refractivity contribution is -0.521. The monoisotopic (exact) mass is 351 g/mol. The maximum atomic E-state index is 2.45. The van der Waals surface area contributed by atoms with Crippen LogP contribution in [0.2, 0.25) is 0 Å². The molecule has 1 heterocycles. The summed E-state index contributed by atoms with van der Waals surface area (Å²) in [7, 11) is 6.40. The molecule has 0 fully saturated rings. The second kappa shape index (κ2) is 7.26. The average molecular weight is 352 g/mol. The summed E-state index contributed by atoms with van der Waals surface area (Å²) < 4.78 is 2.45. The van der Waals surface area contributed by atoms with Gasteiger partial charge in [-0.25, -0.2) is 4.58 Å². The van der Waals surface area contributed by atoms with Crippen molar-refractivity contribution in [1.29, 1.82) is 0 Å². The van der Waals surface area contributed by atoms with Gasteiger partial charge in [0.25, 0.3) is 0 Å². The Balaban J connectivity index is 0.00000243. The standard InChI is InChI=1S/C23H31N2.CH4/c1-16-8-12-21-20(14-16)23(3,4)22(25(21)7)13-10-18-9-11-19(24(5)6)15-17(18)2;/h8-15,20-21H,1-7H3;1H4/q+1;. The summed E-state index contributed by atoms with van der Waals surface area (Å²) in [5.74, 6) is 0.541. The van der Waals surface area contributed by atoms with E-state index in [0.29, 0.717) is 12.0 Å². The molecule has 140 valence electrons. The van der Waals surface area contributed by atoms with Gasteiger partial charge in [0.15, 0.2) is 11.8 Å². The molecule has 1 aromatic rings. The highest BCUT2D eigenvalue weighted by molar-refractivity contribution is 6.00. The minimum Gasteiger partial charge on any atom is -0.378 e. The molecule has 2 unspecified atom stereocenters. The number of hydrogen-bond acceptors (Lipinski definition) is 1. The number of rotatable bonds is 3. The molecule has 1 aliphatic carbocycles. The Hall–Kier alpha value is -2.09. The second-order valence-corrected chi connectivity index (χ2v) is 8.27. The molecule has 0 aromatic heterocycles. The Morgan fingerprint density at radius 1 is 1.12 bits per heavy atom. The molecule has 1 aromatic carbocycles. The smallest absolute Gasteiger partial charge is 0.182 e. The fourth-order valence-corrected chi connectivity index (χ4v) is 4.22. The van der Waals surface area contributed by atoms with Gasteiger partial charge < -0.3 is 4.90 Å². The predicted molar refractivity (Wildman–Crippen MR) is 116 cm³/mol. The highest BCUT2D eigenvalue weighted by Crippen LogP contribution is 2.42. The van der Waals surface area contributed by atoms with E-state index in [1.165, 1.54) is 28.1 Å². The maximum Gasteiger partial charge on any atom is 0.182 e. The molecule has 2 atom stereocenters. The summed E-state index contributed by atoms with van der Waals surface area (Å²) in [6.45, 7) is 9.14. The number of hydrogen-bond donors (Lipinski definition) is 0. The van der Waals surface area contributed by atoms with Crippen molar-refractivity contribution in [2.75, 3.05) is 26.0 Å². The van der Waals surface area contributed by atoms with Crippen molar-refractivity contribution in [1.82, 2.24) is 0 Å². The Bertz CT molecular complexity index is 803. The summed E-state index contributed by atoms with van der Waals surface area (Å²) in [5, 5.41) is 0. The largest absolute Gasteiger partial charge is 0.378 e. The van der Waals surface area contributed by atoms with Gasteiger partial charge in [0.05, 0.1) is 11.3 Å². The molecular weight excluding hydrogens is 316 g/mol. The average Bonchev–Trinajstić information content (AvgIpc) is 2.73. The first-order valence-corrected chi connectivity index (χ1v) is 9.15. The molecular formula is C24H35N2+. The van der Waals surface area contributed by atoms with Gasteiger partial charge in [-0.05, 0) is 63.1 Å². The van der Waals surface area contributed by atoms with E-state index in [1.54, 1.807) is 0 Å². The van der Waals surface area contributed by atoms with E-state index in [2.05, 4.69) is 107 Å². The number of allylic oxidation sites excluding steroid dienone is 3. The third-order valence-electron chi connectivity index (χ3n) is 5.88. The predicted octanol–water partition coefficient (Wildman–Crippen LogP) is 5.33. The topological polar surface area (TPSA) is 6.25 Å². The Morgan fingerprint density at radius 3 is 2.42 bits per heavy atom. The number of aryl methyl sites for hydroxylation is 1. The highest BCUT2D eigenvalue weighted by Gasteiger charge is 2.51. The summed E-state index contributed by atoms with van der Waals surface area (Å²) in [4.78, 5) is 2.15. The van der Waals surface area contributed by atoms with Crippen LogP contribution in [-0.4, -0.2) is 37.5 Å². The van der Waals surface area contributed by atoms with E-state index < -0.39 is 0 Å². The fraction of sp³-hybridized carbons (Fsp3) is 0.458. The molecule has 0 saturated carbocycles. The summed E-state index contributed by atoms with van der Waals surface area (Å²) in [6, 6.07) is 7.13. The van der Waals surface area contributed by atoms with Crippen LogP contribution in [0.5, 0.6) is 0 Å². The number of benzene rings is 1. The first kappa shape index (κ1) is 20.2. The molecule has 0 saturated heterocycles. The van der Waals surface area contributed by atoms with Crippen LogP contribution in [-0.2, 0) is 0 Å². The summed E-state index contributed by atoms with van der Waals surface area (Å²) in [6.07, 6.45) is 11.7. The lowest BCUT2D eigenvalue weighted by atomic mass is 9.72. The molecule has 2 nitrogen and oxygen atoms in total. The molecule has 2 heteroatoms. The van der Waals surface area contributed by atoms with Gasteiger partial charge >= 0.3 is 0 Å². The zero-order chi connectivity index (χ0) is 18.4. The van der Waals surface area contributed by atoms with Crippen LogP contribution in [0, 0.1) is 18.3 Å². The zero-order valence-electron chi connectivity index (χ0n) is 16.7. The second-order valence-electron chi connectivity index (χ2n) is 8.27. The first-order chi connectivity index (χ1) is 11.7. The molecule has 0 spiro atoms. The van der Waals surface area contributed by atoms with Crippen molar-refractivity contribution in [2.45, 2.75) is 41.2 Å². The molecule has 0 bridgehead atoms. The molecule has 0 N–H and O–H groups in total. The van der Waals surface area contributed by atoms with Gasteiger partial charge in [-0.1, -0.05) is 31.2 Å². The number of fused-ring (bicyclic) bond motifs is 1. The number of likely N-dealkylation sites (N-methyl/N-ethyl adjacent to an activating group) is 1. The van der Waals surface area contributed by atoms with Crippen LogP contribution >= 0.6 is 0 Å². The van der Waals surface area contributed by atoms with Gasteiger partial charge in [0.1, 0.15) is 7.05 Å². The van der Waals surface area contributed by atoms with Crippen LogP contribution in [0.15, 0.2) is 48.1 Å². The minimum absolute atomic E-state index is 0. The quantitative estimate of drug-likeness (QED) is 0.667. The molecule has 3 rings (SSSR count). The highest BCUT2D eigenvalue weighted by atomic mass is 15.1. The Morgan fingerprint density at radius 2 is 1.81 bits per heavy atom.